The Morgan fingerprint density at radius 2 is 1.79 bits per heavy atom. The first-order chi connectivity index (χ1) is 6.60. The minimum absolute atomic E-state index is 0.655. The summed E-state index contributed by atoms with van der Waals surface area (Å²) in [4.78, 5) is 0. The molecule has 2 heteroatoms. The van der Waals surface area contributed by atoms with Crippen molar-refractivity contribution in [3.05, 3.63) is 0 Å². The molecule has 0 heterocycles. The van der Waals surface area contributed by atoms with E-state index in [-0.39, 0.29) is 0 Å². The fourth-order valence-corrected chi connectivity index (χ4v) is 1.75. The van der Waals surface area contributed by atoms with Crippen molar-refractivity contribution in [2.75, 3.05) is 20.8 Å². The third-order valence-corrected chi connectivity index (χ3v) is 2.64. The Bertz CT molecular complexity index is 125. The van der Waals surface area contributed by atoms with Crippen LogP contribution < -0.4 is 5.32 Å². The third-order valence-electron chi connectivity index (χ3n) is 2.64. The molecule has 0 saturated heterocycles. The van der Waals surface area contributed by atoms with Gasteiger partial charge >= 0.3 is 0 Å². The van der Waals surface area contributed by atoms with Crippen molar-refractivity contribution in [1.82, 2.24) is 5.32 Å². The predicted octanol–water partition coefficient (Wildman–Crippen LogP) is 2.68. The predicted molar refractivity (Wildman–Crippen MR) is 62.6 cm³/mol. The molecule has 2 nitrogen and oxygen atoms in total. The van der Waals surface area contributed by atoms with Gasteiger partial charge in [-0.15, -0.1) is 0 Å². The van der Waals surface area contributed by atoms with Crippen molar-refractivity contribution in [3.8, 4) is 0 Å². The minimum atomic E-state index is 0.655. The van der Waals surface area contributed by atoms with Gasteiger partial charge in [0.15, 0.2) is 0 Å². The van der Waals surface area contributed by atoms with Crippen LogP contribution in [0, 0.1) is 11.8 Å². The van der Waals surface area contributed by atoms with E-state index >= 15 is 0 Å². The minimum Gasteiger partial charge on any atom is -0.384 e. The largest absolute Gasteiger partial charge is 0.384 e. The van der Waals surface area contributed by atoms with Crippen molar-refractivity contribution in [2.24, 2.45) is 11.8 Å². The third kappa shape index (κ3) is 7.34. The zero-order valence-corrected chi connectivity index (χ0v) is 10.5. The molecule has 2 atom stereocenters. The van der Waals surface area contributed by atoms with E-state index in [2.05, 4.69) is 33.1 Å². The van der Waals surface area contributed by atoms with Crippen molar-refractivity contribution in [3.63, 3.8) is 0 Å². The molecule has 0 aliphatic rings. The molecule has 0 aliphatic heterocycles. The summed E-state index contributed by atoms with van der Waals surface area (Å²) in [5, 5.41) is 3.39. The Morgan fingerprint density at radius 1 is 1.14 bits per heavy atom. The zero-order valence-electron chi connectivity index (χ0n) is 10.5. The van der Waals surface area contributed by atoms with E-state index in [0.29, 0.717) is 12.0 Å². The molecule has 0 rings (SSSR count). The zero-order chi connectivity index (χ0) is 11.0. The average molecular weight is 201 g/mol. The summed E-state index contributed by atoms with van der Waals surface area (Å²) in [6.07, 6.45) is 3.81. The molecule has 0 radical (unpaired) electrons. The first-order valence-electron chi connectivity index (χ1n) is 5.76. The van der Waals surface area contributed by atoms with E-state index in [4.69, 9.17) is 4.74 Å². The maximum absolute atomic E-state index is 5.15. The van der Waals surface area contributed by atoms with E-state index in [1.807, 2.05) is 0 Å². The van der Waals surface area contributed by atoms with Crippen LogP contribution in [0.1, 0.15) is 40.0 Å². The van der Waals surface area contributed by atoms with Gasteiger partial charge in [-0.05, 0) is 38.1 Å². The van der Waals surface area contributed by atoms with E-state index in [9.17, 15) is 0 Å². The second-order valence-corrected chi connectivity index (χ2v) is 4.75. The van der Waals surface area contributed by atoms with Gasteiger partial charge in [0.2, 0.25) is 0 Å². The van der Waals surface area contributed by atoms with Gasteiger partial charge in [0.05, 0.1) is 0 Å². The maximum Gasteiger partial charge on any atom is 0.0488 e. The number of methoxy groups -OCH3 is 1. The molecule has 0 aromatic carbocycles. The second-order valence-electron chi connectivity index (χ2n) is 4.75. The van der Waals surface area contributed by atoms with Crippen LogP contribution in [0.3, 0.4) is 0 Å². The summed E-state index contributed by atoms with van der Waals surface area (Å²) in [7, 11) is 3.84. The fourth-order valence-electron chi connectivity index (χ4n) is 1.75. The van der Waals surface area contributed by atoms with E-state index in [1.165, 1.54) is 19.3 Å². The Balaban J connectivity index is 3.66. The van der Waals surface area contributed by atoms with Gasteiger partial charge < -0.3 is 10.1 Å². The highest BCUT2D eigenvalue weighted by molar-refractivity contribution is 4.68. The lowest BCUT2D eigenvalue weighted by Gasteiger charge is -2.20. The summed E-state index contributed by atoms with van der Waals surface area (Å²) < 4.78 is 5.15. The number of rotatable bonds is 8. The Morgan fingerprint density at radius 3 is 2.21 bits per heavy atom. The monoisotopic (exact) mass is 201 g/mol. The van der Waals surface area contributed by atoms with Gasteiger partial charge in [-0.25, -0.2) is 0 Å². The second kappa shape index (κ2) is 8.25. The summed E-state index contributed by atoms with van der Waals surface area (Å²) in [6.45, 7) is 7.69. The van der Waals surface area contributed by atoms with Gasteiger partial charge in [0.25, 0.3) is 0 Å². The highest BCUT2D eigenvalue weighted by Gasteiger charge is 2.11. The number of ether oxygens (including phenoxy) is 1. The fraction of sp³-hybridized carbons (Fsp3) is 1.00. The maximum atomic E-state index is 5.15. The van der Waals surface area contributed by atoms with Crippen LogP contribution >= 0.6 is 0 Å². The van der Waals surface area contributed by atoms with Crippen LogP contribution in [0.15, 0.2) is 0 Å². The van der Waals surface area contributed by atoms with Crippen molar-refractivity contribution >= 4 is 0 Å². The molecule has 0 aromatic rings. The van der Waals surface area contributed by atoms with Crippen LogP contribution in [0.5, 0.6) is 0 Å². The molecular weight excluding hydrogens is 174 g/mol. The number of nitrogens with one attached hydrogen (secondary N) is 1. The summed E-state index contributed by atoms with van der Waals surface area (Å²) in [5.41, 5.74) is 0. The number of hydrogen-bond acceptors (Lipinski definition) is 2. The van der Waals surface area contributed by atoms with E-state index in [0.717, 1.165) is 12.5 Å². The van der Waals surface area contributed by atoms with Crippen LogP contribution in [0.2, 0.25) is 0 Å². The van der Waals surface area contributed by atoms with Gasteiger partial charge in [0.1, 0.15) is 0 Å². The molecule has 14 heavy (non-hydrogen) atoms. The van der Waals surface area contributed by atoms with Crippen LogP contribution in [-0.2, 0) is 4.74 Å². The van der Waals surface area contributed by atoms with Gasteiger partial charge in [-0.3, -0.25) is 0 Å². The molecule has 2 unspecified atom stereocenters. The highest BCUT2D eigenvalue weighted by Crippen LogP contribution is 2.13. The standard InChI is InChI=1S/C12H27NO/c1-10(2)6-7-12(13-4)8-11(3)9-14-5/h10-13H,6-9H2,1-5H3. The smallest absolute Gasteiger partial charge is 0.0488 e. The molecule has 0 aromatic heterocycles. The van der Waals surface area contributed by atoms with Crippen molar-refractivity contribution in [1.29, 1.82) is 0 Å². The first kappa shape index (κ1) is 13.9. The van der Waals surface area contributed by atoms with E-state index in [1.54, 1.807) is 7.11 Å². The molecule has 0 spiro atoms. The lowest BCUT2D eigenvalue weighted by Crippen LogP contribution is -2.28. The van der Waals surface area contributed by atoms with Crippen LogP contribution in [0.4, 0.5) is 0 Å². The molecule has 86 valence electrons. The molecule has 0 saturated carbocycles. The lowest BCUT2D eigenvalue weighted by molar-refractivity contribution is 0.148. The highest BCUT2D eigenvalue weighted by atomic mass is 16.5. The summed E-state index contributed by atoms with van der Waals surface area (Å²) in [5.74, 6) is 1.47. The van der Waals surface area contributed by atoms with Crippen LogP contribution in [-0.4, -0.2) is 26.8 Å². The summed E-state index contributed by atoms with van der Waals surface area (Å²) >= 11 is 0. The normalized spacial score (nSPS) is 15.9. The summed E-state index contributed by atoms with van der Waals surface area (Å²) in [6, 6.07) is 0.655. The first-order valence-corrected chi connectivity index (χ1v) is 5.76. The van der Waals surface area contributed by atoms with Gasteiger partial charge in [-0.2, -0.15) is 0 Å². The molecule has 0 aliphatic carbocycles. The lowest BCUT2D eigenvalue weighted by atomic mass is 9.96. The van der Waals surface area contributed by atoms with Crippen molar-refractivity contribution < 1.29 is 4.74 Å². The van der Waals surface area contributed by atoms with E-state index < -0.39 is 0 Å². The molecule has 1 N–H and O–H groups in total. The Kier molecular flexibility index (Phi) is 8.20. The van der Waals surface area contributed by atoms with Gasteiger partial charge in [0, 0.05) is 19.8 Å². The van der Waals surface area contributed by atoms with Crippen LogP contribution in [0.25, 0.3) is 0 Å². The molecule has 0 fully saturated rings. The van der Waals surface area contributed by atoms with Crippen molar-refractivity contribution in [2.45, 2.75) is 46.1 Å². The SMILES string of the molecule is CNC(CCC(C)C)CC(C)COC. The quantitative estimate of drug-likeness (QED) is 0.652. The average Bonchev–Trinajstić information content (AvgIpc) is 2.12. The molecule has 0 amide bonds. The van der Waals surface area contributed by atoms with Gasteiger partial charge in [-0.1, -0.05) is 20.8 Å². The Labute approximate surface area is 89.4 Å². The topological polar surface area (TPSA) is 21.3 Å². The molecule has 0 bridgehead atoms. The Hall–Kier alpha value is -0.0800. The molecular formula is C12H27NO. The number of hydrogen-bond donors (Lipinski definition) is 1.